The zero-order valence-electron chi connectivity index (χ0n) is 20.3. The molecule has 1 aromatic heterocycles. The van der Waals surface area contributed by atoms with Crippen molar-refractivity contribution >= 4 is 23.6 Å². The number of hydrogen-bond acceptors (Lipinski definition) is 6. The van der Waals surface area contributed by atoms with Crippen molar-refractivity contribution < 1.29 is 19.1 Å². The Balaban J connectivity index is 1.21. The lowest BCUT2D eigenvalue weighted by molar-refractivity contribution is -0.159. The summed E-state index contributed by atoms with van der Waals surface area (Å²) >= 11 is 0. The number of nitrogens with one attached hydrogen (secondary N) is 1. The monoisotopic (exact) mass is 476 g/mol. The van der Waals surface area contributed by atoms with Crippen LogP contribution in [0.4, 0.5) is 5.82 Å². The predicted octanol–water partition coefficient (Wildman–Crippen LogP) is 2.82. The number of aromatic nitrogens is 1. The lowest BCUT2D eigenvalue weighted by Crippen LogP contribution is -2.67. The third-order valence-corrected chi connectivity index (χ3v) is 7.82. The number of nitrogens with zero attached hydrogens (tertiary/aromatic N) is 3. The van der Waals surface area contributed by atoms with Gasteiger partial charge in [-0.15, -0.1) is 0 Å². The second-order valence-electron chi connectivity index (χ2n) is 10.1. The Morgan fingerprint density at radius 2 is 1.91 bits per heavy atom. The lowest BCUT2D eigenvalue weighted by atomic mass is 9.89. The van der Waals surface area contributed by atoms with E-state index in [0.29, 0.717) is 24.4 Å². The smallest absolute Gasteiger partial charge is 0.331 e. The molecule has 1 aromatic carbocycles. The topological polar surface area (TPSA) is 91.8 Å². The second-order valence-corrected chi connectivity index (χ2v) is 10.1. The molecule has 35 heavy (non-hydrogen) atoms. The molecule has 5 rings (SSSR count). The van der Waals surface area contributed by atoms with Gasteiger partial charge in [-0.3, -0.25) is 14.5 Å². The highest BCUT2D eigenvalue weighted by Crippen LogP contribution is 2.39. The summed E-state index contributed by atoms with van der Waals surface area (Å²) in [7, 11) is 2.02. The fourth-order valence-corrected chi connectivity index (χ4v) is 5.89. The number of ether oxygens (including phenoxy) is 1. The first-order chi connectivity index (χ1) is 16.9. The molecule has 0 radical (unpaired) electrons. The highest BCUT2D eigenvalue weighted by atomic mass is 16.5. The van der Waals surface area contributed by atoms with E-state index in [1.165, 1.54) is 0 Å². The Morgan fingerprint density at radius 1 is 1.14 bits per heavy atom. The van der Waals surface area contributed by atoms with Crippen LogP contribution in [0.25, 0.3) is 0 Å². The van der Waals surface area contributed by atoms with Gasteiger partial charge in [-0.2, -0.15) is 0 Å². The number of carbonyl (C=O) groups excluding carboxylic acids is 3. The van der Waals surface area contributed by atoms with Gasteiger partial charge in [0, 0.05) is 24.7 Å². The lowest BCUT2D eigenvalue weighted by Gasteiger charge is -2.49. The van der Waals surface area contributed by atoms with Gasteiger partial charge in [0.2, 0.25) is 11.8 Å². The molecule has 1 N–H and O–H groups in total. The second kappa shape index (κ2) is 9.41. The number of carbonyl (C=O) groups is 3. The van der Waals surface area contributed by atoms with E-state index < -0.39 is 11.5 Å². The Morgan fingerprint density at radius 3 is 2.66 bits per heavy atom. The van der Waals surface area contributed by atoms with Gasteiger partial charge in [0.15, 0.2) is 0 Å². The number of esters is 1. The maximum absolute atomic E-state index is 13.4. The highest BCUT2D eigenvalue weighted by molar-refractivity contribution is 5.93. The van der Waals surface area contributed by atoms with Gasteiger partial charge in [0.1, 0.15) is 23.7 Å². The van der Waals surface area contributed by atoms with Gasteiger partial charge in [-0.1, -0.05) is 25.0 Å². The number of amides is 2. The number of likely N-dealkylation sites (N-methyl/N-ethyl adjacent to an activating group) is 1. The van der Waals surface area contributed by atoms with Crippen LogP contribution in [0.1, 0.15) is 43.7 Å². The third kappa shape index (κ3) is 4.55. The molecule has 2 heterocycles. The maximum Gasteiger partial charge on any atom is 0.331 e. The molecule has 1 spiro atoms. The molecule has 2 fully saturated rings. The number of fused-ring (bicyclic) bond motifs is 1. The number of piperazine rings is 1. The van der Waals surface area contributed by atoms with E-state index >= 15 is 0 Å². The SMILES string of the molecule is CC1CN(C)C2(CCCC2)C(=O)N1CC(=O)Oc1ccc2c(c1)CC(C(=O)Nc1ccccn1)C2. The zero-order valence-corrected chi connectivity index (χ0v) is 20.3. The van der Waals surface area contributed by atoms with Crippen LogP contribution in [-0.4, -0.2) is 64.3 Å². The van der Waals surface area contributed by atoms with Gasteiger partial charge >= 0.3 is 5.97 Å². The van der Waals surface area contributed by atoms with Crippen molar-refractivity contribution in [2.45, 2.75) is 57.0 Å². The average molecular weight is 477 g/mol. The van der Waals surface area contributed by atoms with E-state index in [4.69, 9.17) is 4.74 Å². The Bertz CT molecular complexity index is 1130. The molecule has 1 saturated heterocycles. The van der Waals surface area contributed by atoms with E-state index in [2.05, 4.69) is 15.2 Å². The largest absolute Gasteiger partial charge is 0.425 e. The summed E-state index contributed by atoms with van der Waals surface area (Å²) in [6.45, 7) is 2.68. The molecule has 184 valence electrons. The molecule has 1 aliphatic heterocycles. The van der Waals surface area contributed by atoms with Crippen LogP contribution in [0.15, 0.2) is 42.6 Å². The zero-order chi connectivity index (χ0) is 24.6. The minimum absolute atomic E-state index is 0.0453. The summed E-state index contributed by atoms with van der Waals surface area (Å²) in [5.41, 5.74) is 1.62. The molecule has 8 heteroatoms. The van der Waals surface area contributed by atoms with E-state index in [-0.39, 0.29) is 30.3 Å². The van der Waals surface area contributed by atoms with E-state index in [0.717, 1.165) is 43.4 Å². The van der Waals surface area contributed by atoms with Crippen LogP contribution in [0, 0.1) is 5.92 Å². The summed E-state index contributed by atoms with van der Waals surface area (Å²) in [6, 6.07) is 10.9. The standard InChI is InChI=1S/C27H32N4O4/c1-18-16-30(2)27(10-4-5-11-27)26(34)31(18)17-24(32)35-22-9-8-19-13-21(14-20(19)15-22)25(33)29-23-7-3-6-12-28-23/h3,6-9,12,15,18,21H,4-5,10-11,13-14,16-17H2,1-2H3,(H,28,29,33). The Kier molecular flexibility index (Phi) is 6.32. The third-order valence-electron chi connectivity index (χ3n) is 7.82. The summed E-state index contributed by atoms with van der Waals surface area (Å²) in [5, 5.41) is 2.87. The van der Waals surface area contributed by atoms with E-state index in [1.807, 2.05) is 32.2 Å². The molecule has 2 aliphatic carbocycles. The molecular weight excluding hydrogens is 444 g/mol. The number of hydrogen-bond donors (Lipinski definition) is 1. The number of benzene rings is 1. The van der Waals surface area contributed by atoms with Gasteiger partial charge < -0.3 is 15.0 Å². The molecule has 2 atom stereocenters. The quantitative estimate of drug-likeness (QED) is 0.527. The van der Waals surface area contributed by atoms with Gasteiger partial charge in [0.25, 0.3) is 0 Å². The summed E-state index contributed by atoms with van der Waals surface area (Å²) in [6.07, 6.45) is 6.63. The molecule has 1 saturated carbocycles. The summed E-state index contributed by atoms with van der Waals surface area (Å²) in [4.78, 5) is 46.9. The van der Waals surface area contributed by atoms with E-state index in [1.54, 1.807) is 29.3 Å². The van der Waals surface area contributed by atoms with Crippen LogP contribution < -0.4 is 10.1 Å². The number of pyridine rings is 1. The summed E-state index contributed by atoms with van der Waals surface area (Å²) < 4.78 is 5.65. The minimum Gasteiger partial charge on any atom is -0.425 e. The molecular formula is C27H32N4O4. The van der Waals surface area contributed by atoms with Crippen molar-refractivity contribution in [2.75, 3.05) is 25.5 Å². The number of rotatable bonds is 5. The number of anilines is 1. The van der Waals surface area contributed by atoms with Crippen molar-refractivity contribution in [1.29, 1.82) is 0 Å². The molecule has 8 nitrogen and oxygen atoms in total. The Hall–Kier alpha value is -3.26. The van der Waals surface area contributed by atoms with Crippen LogP contribution in [-0.2, 0) is 27.2 Å². The van der Waals surface area contributed by atoms with Crippen LogP contribution >= 0.6 is 0 Å². The first-order valence-electron chi connectivity index (χ1n) is 12.4. The highest BCUT2D eigenvalue weighted by Gasteiger charge is 2.51. The first-order valence-corrected chi connectivity index (χ1v) is 12.4. The van der Waals surface area contributed by atoms with Crippen molar-refractivity contribution in [3.8, 4) is 5.75 Å². The van der Waals surface area contributed by atoms with Crippen molar-refractivity contribution in [1.82, 2.24) is 14.8 Å². The minimum atomic E-state index is -0.467. The van der Waals surface area contributed by atoms with E-state index in [9.17, 15) is 14.4 Å². The fourth-order valence-electron chi connectivity index (χ4n) is 5.89. The predicted molar refractivity (Wildman–Crippen MR) is 131 cm³/mol. The first kappa shape index (κ1) is 23.5. The summed E-state index contributed by atoms with van der Waals surface area (Å²) in [5.74, 6) is 0.333. The Labute approximate surface area is 205 Å². The maximum atomic E-state index is 13.4. The molecule has 2 unspecified atom stereocenters. The average Bonchev–Trinajstić information content (AvgIpc) is 3.50. The molecule has 0 bridgehead atoms. The van der Waals surface area contributed by atoms with Gasteiger partial charge in [-0.25, -0.2) is 9.78 Å². The van der Waals surface area contributed by atoms with Gasteiger partial charge in [0.05, 0.1) is 0 Å². The molecule has 3 aliphatic rings. The van der Waals surface area contributed by atoms with Crippen LogP contribution in [0.2, 0.25) is 0 Å². The molecule has 2 amide bonds. The van der Waals surface area contributed by atoms with Gasteiger partial charge in [-0.05, 0) is 75.0 Å². The van der Waals surface area contributed by atoms with Crippen molar-refractivity contribution in [3.63, 3.8) is 0 Å². The normalized spacial score (nSPS) is 23.4. The van der Waals surface area contributed by atoms with Crippen molar-refractivity contribution in [3.05, 3.63) is 53.7 Å². The van der Waals surface area contributed by atoms with Crippen LogP contribution in [0.5, 0.6) is 5.75 Å². The fraction of sp³-hybridized carbons (Fsp3) is 0.481. The molecule has 2 aromatic rings. The van der Waals surface area contributed by atoms with Crippen LogP contribution in [0.3, 0.4) is 0 Å². The van der Waals surface area contributed by atoms with Crippen molar-refractivity contribution in [2.24, 2.45) is 5.92 Å².